The summed E-state index contributed by atoms with van der Waals surface area (Å²) in [6.07, 6.45) is 7.69. The smallest absolute Gasteiger partial charge is 0.246 e. The Kier molecular flexibility index (Phi) is 5.88. The lowest BCUT2D eigenvalue weighted by Crippen LogP contribution is -2.37. The molecule has 3 rings (SSSR count). The summed E-state index contributed by atoms with van der Waals surface area (Å²) in [5, 5.41) is 0. The number of amides is 1. The summed E-state index contributed by atoms with van der Waals surface area (Å²) >= 11 is 0. The second-order valence-electron chi connectivity index (χ2n) is 6.21. The van der Waals surface area contributed by atoms with Crippen LogP contribution in [0.1, 0.15) is 25.0 Å². The van der Waals surface area contributed by atoms with Crippen molar-refractivity contribution in [1.82, 2.24) is 4.90 Å². The van der Waals surface area contributed by atoms with Crippen LogP contribution >= 0.6 is 0 Å². The number of likely N-dealkylation sites (tertiary alicyclic amines) is 1. The highest BCUT2D eigenvalue weighted by molar-refractivity contribution is 5.91. The van der Waals surface area contributed by atoms with Crippen molar-refractivity contribution in [3.05, 3.63) is 60.3 Å². The molecule has 1 amide bonds. The van der Waals surface area contributed by atoms with E-state index in [9.17, 15) is 9.18 Å². The van der Waals surface area contributed by atoms with Crippen LogP contribution in [-0.4, -0.2) is 30.5 Å². The number of carbonyl (C=O) groups is 1. The molecule has 4 nitrogen and oxygen atoms in total. The average molecular weight is 343 g/mol. The molecule has 132 valence electrons. The lowest BCUT2D eigenvalue weighted by molar-refractivity contribution is -0.127. The number of carbonyl (C=O) groups excluding carboxylic acids is 1. The summed E-state index contributed by atoms with van der Waals surface area (Å²) in [6, 6.07) is 9.81. The number of hydrogen-bond donors (Lipinski definition) is 0. The number of benzene rings is 1. The van der Waals surface area contributed by atoms with Crippen LogP contribution in [0, 0.1) is 11.7 Å². The van der Waals surface area contributed by atoms with Gasteiger partial charge in [-0.25, -0.2) is 4.39 Å². The predicted octanol–water partition coefficient (Wildman–Crippen LogP) is 4.14. The van der Waals surface area contributed by atoms with E-state index in [1.165, 1.54) is 12.1 Å². The molecule has 0 aliphatic carbocycles. The van der Waals surface area contributed by atoms with Crippen molar-refractivity contribution in [3.63, 3.8) is 0 Å². The molecule has 2 heterocycles. The van der Waals surface area contributed by atoms with Gasteiger partial charge < -0.3 is 14.1 Å². The first-order valence-electron chi connectivity index (χ1n) is 8.59. The Labute approximate surface area is 146 Å². The quantitative estimate of drug-likeness (QED) is 0.740. The summed E-state index contributed by atoms with van der Waals surface area (Å²) < 4.78 is 23.9. The first-order valence-corrected chi connectivity index (χ1v) is 8.59. The monoisotopic (exact) mass is 343 g/mol. The summed E-state index contributed by atoms with van der Waals surface area (Å²) in [5.74, 6) is 1.51. The van der Waals surface area contributed by atoms with Gasteiger partial charge in [-0.2, -0.15) is 0 Å². The SMILES string of the molecule is O=C(C=Cc1ccco1)N1CCC(CCOc2cccc(F)c2)CC1. The van der Waals surface area contributed by atoms with Gasteiger partial charge in [-0.1, -0.05) is 6.07 Å². The minimum atomic E-state index is -0.285. The van der Waals surface area contributed by atoms with E-state index < -0.39 is 0 Å². The maximum absolute atomic E-state index is 13.1. The van der Waals surface area contributed by atoms with Gasteiger partial charge in [-0.05, 0) is 55.5 Å². The fourth-order valence-electron chi connectivity index (χ4n) is 2.99. The van der Waals surface area contributed by atoms with Crippen LogP contribution in [0.25, 0.3) is 6.08 Å². The molecule has 1 aromatic heterocycles. The summed E-state index contributed by atoms with van der Waals surface area (Å²) in [7, 11) is 0. The molecule has 1 fully saturated rings. The number of furan rings is 1. The Morgan fingerprint density at radius 1 is 1.28 bits per heavy atom. The lowest BCUT2D eigenvalue weighted by atomic mass is 9.94. The normalized spacial score (nSPS) is 15.6. The molecular weight excluding hydrogens is 321 g/mol. The Hall–Kier alpha value is -2.56. The molecule has 0 radical (unpaired) electrons. The Morgan fingerprint density at radius 3 is 2.84 bits per heavy atom. The average Bonchev–Trinajstić information content (AvgIpc) is 3.14. The molecule has 5 heteroatoms. The van der Waals surface area contributed by atoms with Gasteiger partial charge in [0.1, 0.15) is 17.3 Å². The summed E-state index contributed by atoms with van der Waals surface area (Å²) in [5.41, 5.74) is 0. The van der Waals surface area contributed by atoms with E-state index in [0.29, 0.717) is 24.0 Å². The van der Waals surface area contributed by atoms with Crippen molar-refractivity contribution in [1.29, 1.82) is 0 Å². The van der Waals surface area contributed by atoms with Crippen molar-refractivity contribution in [2.24, 2.45) is 5.92 Å². The van der Waals surface area contributed by atoms with Crippen LogP contribution in [0.15, 0.2) is 53.2 Å². The molecule has 1 saturated heterocycles. The van der Waals surface area contributed by atoms with E-state index >= 15 is 0 Å². The molecule has 0 unspecified atom stereocenters. The predicted molar refractivity (Wildman–Crippen MR) is 93.6 cm³/mol. The first kappa shape index (κ1) is 17.3. The standard InChI is InChI=1S/C20H22FNO3/c21-17-3-1-4-19(15-17)25-14-10-16-8-11-22(12-9-16)20(23)7-6-18-5-2-13-24-18/h1-7,13,15-16H,8-12,14H2. The van der Waals surface area contributed by atoms with Crippen molar-refractivity contribution < 1.29 is 18.3 Å². The third-order valence-electron chi connectivity index (χ3n) is 4.45. The van der Waals surface area contributed by atoms with Crippen LogP contribution in [0.5, 0.6) is 5.75 Å². The maximum atomic E-state index is 13.1. The molecule has 1 aliphatic rings. The fraction of sp³-hybridized carbons (Fsp3) is 0.350. The zero-order chi connectivity index (χ0) is 17.5. The number of piperidine rings is 1. The number of halogens is 1. The number of ether oxygens (including phenoxy) is 1. The zero-order valence-corrected chi connectivity index (χ0v) is 14.1. The summed E-state index contributed by atoms with van der Waals surface area (Å²) in [4.78, 5) is 14.0. The zero-order valence-electron chi connectivity index (χ0n) is 14.1. The molecular formula is C20H22FNO3. The highest BCUT2D eigenvalue weighted by atomic mass is 19.1. The highest BCUT2D eigenvalue weighted by Crippen LogP contribution is 2.22. The van der Waals surface area contributed by atoms with Gasteiger partial charge in [0, 0.05) is 25.2 Å². The van der Waals surface area contributed by atoms with E-state index in [4.69, 9.17) is 9.15 Å². The fourth-order valence-corrected chi connectivity index (χ4v) is 2.99. The maximum Gasteiger partial charge on any atom is 0.246 e. The van der Waals surface area contributed by atoms with Gasteiger partial charge >= 0.3 is 0 Å². The molecule has 0 N–H and O–H groups in total. The lowest BCUT2D eigenvalue weighted by Gasteiger charge is -2.31. The number of rotatable bonds is 6. The Morgan fingerprint density at radius 2 is 2.12 bits per heavy atom. The van der Waals surface area contributed by atoms with E-state index in [2.05, 4.69) is 0 Å². The largest absolute Gasteiger partial charge is 0.493 e. The van der Waals surface area contributed by atoms with Crippen molar-refractivity contribution in [2.45, 2.75) is 19.3 Å². The Balaban J connectivity index is 1.37. The van der Waals surface area contributed by atoms with E-state index in [1.807, 2.05) is 11.0 Å². The topological polar surface area (TPSA) is 42.7 Å². The van der Waals surface area contributed by atoms with E-state index in [1.54, 1.807) is 36.6 Å². The van der Waals surface area contributed by atoms with Gasteiger partial charge in [0.15, 0.2) is 0 Å². The minimum absolute atomic E-state index is 0.0193. The van der Waals surface area contributed by atoms with Crippen LogP contribution in [0.3, 0.4) is 0 Å². The highest BCUT2D eigenvalue weighted by Gasteiger charge is 2.21. The van der Waals surface area contributed by atoms with Gasteiger partial charge in [0.2, 0.25) is 5.91 Å². The van der Waals surface area contributed by atoms with Crippen molar-refractivity contribution in [2.75, 3.05) is 19.7 Å². The molecule has 2 aromatic rings. The number of hydrogen-bond acceptors (Lipinski definition) is 3. The second-order valence-corrected chi connectivity index (χ2v) is 6.21. The van der Waals surface area contributed by atoms with Crippen LogP contribution in [-0.2, 0) is 4.79 Å². The van der Waals surface area contributed by atoms with E-state index in [-0.39, 0.29) is 11.7 Å². The number of nitrogens with zero attached hydrogens (tertiary/aromatic N) is 1. The molecule has 25 heavy (non-hydrogen) atoms. The first-order chi connectivity index (χ1) is 12.2. The second kappa shape index (κ2) is 8.51. The van der Waals surface area contributed by atoms with E-state index in [0.717, 1.165) is 32.4 Å². The Bertz CT molecular complexity index is 703. The van der Waals surface area contributed by atoms with Gasteiger partial charge in [-0.3, -0.25) is 4.79 Å². The van der Waals surface area contributed by atoms with Crippen LogP contribution in [0.2, 0.25) is 0 Å². The molecule has 0 atom stereocenters. The van der Waals surface area contributed by atoms with Gasteiger partial charge in [0.05, 0.1) is 12.9 Å². The van der Waals surface area contributed by atoms with Gasteiger partial charge in [0.25, 0.3) is 0 Å². The van der Waals surface area contributed by atoms with Crippen LogP contribution < -0.4 is 4.74 Å². The van der Waals surface area contributed by atoms with Crippen molar-refractivity contribution >= 4 is 12.0 Å². The third kappa shape index (κ3) is 5.21. The molecule has 0 bridgehead atoms. The van der Waals surface area contributed by atoms with Gasteiger partial charge in [-0.15, -0.1) is 0 Å². The van der Waals surface area contributed by atoms with Crippen molar-refractivity contribution in [3.8, 4) is 5.75 Å². The molecule has 0 saturated carbocycles. The molecule has 0 spiro atoms. The molecule has 1 aromatic carbocycles. The molecule has 1 aliphatic heterocycles. The van der Waals surface area contributed by atoms with Crippen LogP contribution in [0.4, 0.5) is 4.39 Å². The summed E-state index contributed by atoms with van der Waals surface area (Å²) in [6.45, 7) is 2.08. The third-order valence-corrected chi connectivity index (χ3v) is 4.45. The minimum Gasteiger partial charge on any atom is -0.493 e.